The topological polar surface area (TPSA) is 125 Å². The Hall–Kier alpha value is -4.16. The average molecular weight is 520 g/mol. The van der Waals surface area contributed by atoms with Crippen LogP contribution in [0.4, 0.5) is 11.6 Å². The van der Waals surface area contributed by atoms with E-state index in [4.69, 9.17) is 36.8 Å². The number of methoxy groups -OCH3 is 1. The number of aryl methyl sites for hydroxylation is 1. The summed E-state index contributed by atoms with van der Waals surface area (Å²) in [7, 11) is -3.28. The van der Waals surface area contributed by atoms with Crippen molar-refractivity contribution in [3.63, 3.8) is 0 Å². The minimum atomic E-state index is -3.54. The molecule has 6 rings (SSSR count). The van der Waals surface area contributed by atoms with E-state index in [0.29, 0.717) is 4.68 Å². The molecule has 2 N–H and O–H groups in total. The molecule has 0 bridgehead atoms. The number of hydrogen-bond donors (Lipinski definition) is 1. The summed E-state index contributed by atoms with van der Waals surface area (Å²) < 4.78 is 148. The Morgan fingerprint density at radius 3 is 2.78 bits per heavy atom. The van der Waals surface area contributed by atoms with Gasteiger partial charge in [0.15, 0.2) is 17.1 Å². The molecule has 1 aliphatic heterocycles. The van der Waals surface area contributed by atoms with Crippen LogP contribution in [0, 0.1) is 0 Å². The van der Waals surface area contributed by atoms with E-state index < -0.39 is 71.1 Å². The number of nitrogens with two attached hydrogens (primary N) is 1. The molecular formula is C25H29N9O3. The smallest absolute Gasteiger partial charge is 0.225 e. The summed E-state index contributed by atoms with van der Waals surface area (Å²) in [4.78, 5) is 9.72. The predicted octanol–water partition coefficient (Wildman–Crippen LogP) is 2.16. The van der Waals surface area contributed by atoms with Crippen LogP contribution in [-0.2, 0) is 11.2 Å². The fourth-order valence-electron chi connectivity index (χ4n) is 3.54. The summed E-state index contributed by atoms with van der Waals surface area (Å²) >= 11 is 0. The second-order valence-electron chi connectivity index (χ2n) is 7.47. The van der Waals surface area contributed by atoms with Crippen molar-refractivity contribution in [2.75, 3.05) is 63.4 Å². The molecule has 0 unspecified atom stereocenters. The van der Waals surface area contributed by atoms with Crippen LogP contribution in [0.5, 0.6) is 5.75 Å². The lowest BCUT2D eigenvalue weighted by Crippen LogP contribution is -2.47. The highest BCUT2D eigenvalue weighted by Gasteiger charge is 2.20. The highest BCUT2D eigenvalue weighted by atomic mass is 16.5. The molecule has 5 heterocycles. The van der Waals surface area contributed by atoms with Gasteiger partial charge in [0, 0.05) is 53.5 Å². The maximum atomic E-state index is 8.92. The number of aromatic nitrogens is 6. The monoisotopic (exact) mass is 519 g/mol. The van der Waals surface area contributed by atoms with Crippen molar-refractivity contribution in [1.29, 1.82) is 0 Å². The van der Waals surface area contributed by atoms with Gasteiger partial charge < -0.3 is 24.5 Å². The van der Waals surface area contributed by atoms with E-state index in [-0.39, 0.29) is 44.9 Å². The van der Waals surface area contributed by atoms with Crippen LogP contribution in [0.3, 0.4) is 0 Å². The van der Waals surface area contributed by atoms with Crippen molar-refractivity contribution in [2.24, 2.45) is 0 Å². The van der Waals surface area contributed by atoms with E-state index in [1.54, 1.807) is 12.1 Å². The molecule has 0 radical (unpaired) electrons. The molecule has 1 aliphatic rings. The van der Waals surface area contributed by atoms with Crippen molar-refractivity contribution in [3.8, 4) is 17.3 Å². The van der Waals surface area contributed by atoms with Crippen molar-refractivity contribution in [2.45, 2.75) is 6.50 Å². The van der Waals surface area contributed by atoms with Gasteiger partial charge in [-0.05, 0) is 36.4 Å². The Balaban J connectivity index is 1.29. The van der Waals surface area contributed by atoms with Crippen LogP contribution in [0.25, 0.3) is 28.3 Å². The maximum Gasteiger partial charge on any atom is 0.225 e. The van der Waals surface area contributed by atoms with Gasteiger partial charge in [0.05, 0.1) is 44.6 Å². The average Bonchev–Trinajstić information content (AvgIpc) is 3.74. The first-order chi connectivity index (χ1) is 24.2. The van der Waals surface area contributed by atoms with Gasteiger partial charge in [-0.1, -0.05) is 0 Å². The largest absolute Gasteiger partial charge is 0.491 e. The van der Waals surface area contributed by atoms with Crippen molar-refractivity contribution < 1.29 is 35.8 Å². The van der Waals surface area contributed by atoms with E-state index in [1.807, 2.05) is 0 Å². The van der Waals surface area contributed by atoms with Crippen molar-refractivity contribution in [3.05, 3.63) is 48.8 Å². The number of nitrogen functional groups attached to an aromatic ring is 1. The molecule has 1 aromatic carbocycles. The molecular weight excluding hydrogens is 474 g/mol. The lowest BCUT2D eigenvalue weighted by Gasteiger charge is -2.36. The molecule has 0 saturated carbocycles. The summed E-state index contributed by atoms with van der Waals surface area (Å²) in [5.74, 6) is -0.344. The van der Waals surface area contributed by atoms with Crippen molar-refractivity contribution >= 4 is 28.3 Å². The van der Waals surface area contributed by atoms with Crippen LogP contribution in [-0.4, -0.2) is 87.0 Å². The molecule has 192 valence electrons. The van der Waals surface area contributed by atoms with Gasteiger partial charge in [0.25, 0.3) is 0 Å². The number of rotatable bonds is 9. The molecule has 4 aromatic heterocycles. The third kappa shape index (κ3) is 4.68. The Labute approximate surface area is 235 Å². The summed E-state index contributed by atoms with van der Waals surface area (Å²) in [6.45, 7) is -21.0. The number of nitrogens with zero attached hydrogens (tertiary/aromatic N) is 8. The van der Waals surface area contributed by atoms with E-state index in [0.717, 1.165) is 16.6 Å². The zero-order valence-corrected chi connectivity index (χ0v) is 18.8. The fourth-order valence-corrected chi connectivity index (χ4v) is 3.54. The number of benzene rings is 1. The van der Waals surface area contributed by atoms with E-state index in [2.05, 4.69) is 24.9 Å². The first-order valence-corrected chi connectivity index (χ1v) is 10.7. The second-order valence-corrected chi connectivity index (χ2v) is 7.47. The Morgan fingerprint density at radius 1 is 1.14 bits per heavy atom. The quantitative estimate of drug-likeness (QED) is 0.310. The molecule has 0 atom stereocenters. The molecule has 0 aliphatic carbocycles. The predicted molar refractivity (Wildman–Crippen MR) is 139 cm³/mol. The summed E-state index contributed by atoms with van der Waals surface area (Å²) in [6.07, 6.45) is 0.773. The molecule has 5 aromatic rings. The zero-order valence-electron chi connectivity index (χ0n) is 34.8. The highest BCUT2D eigenvalue weighted by molar-refractivity contribution is 5.90. The van der Waals surface area contributed by atoms with Gasteiger partial charge >= 0.3 is 0 Å². The fraction of sp³-hybridized carbons (Fsp3) is 0.360. The van der Waals surface area contributed by atoms with Gasteiger partial charge in [-0.2, -0.15) is 14.6 Å². The third-order valence-electron chi connectivity index (χ3n) is 5.27. The zero-order chi connectivity index (χ0) is 39.3. The Morgan fingerprint density at radius 2 is 2.00 bits per heavy atom. The van der Waals surface area contributed by atoms with Crippen LogP contribution in [0.2, 0.25) is 0 Å². The van der Waals surface area contributed by atoms with E-state index >= 15 is 0 Å². The molecule has 37 heavy (non-hydrogen) atoms. The second kappa shape index (κ2) is 10.1. The number of piperazine rings is 1. The summed E-state index contributed by atoms with van der Waals surface area (Å²) in [5, 5.41) is 7.91. The first kappa shape index (κ1) is 11.5. The maximum absolute atomic E-state index is 8.92. The summed E-state index contributed by atoms with van der Waals surface area (Å²) in [5.41, 5.74) is 5.70. The van der Waals surface area contributed by atoms with Gasteiger partial charge in [-0.3, -0.25) is 4.90 Å². The molecule has 0 spiro atoms. The van der Waals surface area contributed by atoms with Crippen LogP contribution in [0.1, 0.15) is 21.9 Å². The van der Waals surface area contributed by atoms with Gasteiger partial charge in [-0.25, -0.2) is 9.67 Å². The lowest BCUT2D eigenvalue weighted by molar-refractivity contribution is 0.146. The van der Waals surface area contributed by atoms with Crippen LogP contribution >= 0.6 is 0 Å². The van der Waals surface area contributed by atoms with Crippen molar-refractivity contribution in [1.82, 2.24) is 34.3 Å². The lowest BCUT2D eigenvalue weighted by atomic mass is 10.2. The molecule has 1 fully saturated rings. The van der Waals surface area contributed by atoms with Gasteiger partial charge in [0.1, 0.15) is 12.3 Å². The molecule has 12 nitrogen and oxygen atoms in total. The normalized spacial score (nSPS) is 25.7. The van der Waals surface area contributed by atoms with Gasteiger partial charge in [0.2, 0.25) is 11.8 Å². The minimum absolute atomic E-state index is 0.0483. The minimum Gasteiger partial charge on any atom is -0.491 e. The highest BCUT2D eigenvalue weighted by Crippen LogP contribution is 2.24. The summed E-state index contributed by atoms with van der Waals surface area (Å²) in [6, 6.07) is 7.93. The van der Waals surface area contributed by atoms with E-state index in [1.165, 1.54) is 23.3 Å². The van der Waals surface area contributed by atoms with E-state index in [9.17, 15) is 0 Å². The number of hydrogen-bond acceptors (Lipinski definition) is 10. The van der Waals surface area contributed by atoms with Crippen LogP contribution < -0.4 is 15.4 Å². The Bertz CT molecular complexity index is 2130. The molecule has 12 heteroatoms. The molecule has 1 saturated heterocycles. The SMILES string of the molecule is [2H]c1nn(C([2H])([2H])C([2H])([2H])N2C([2H])([2H])CN(c3ccc(OC([2H])([2H])C([2H])([2H])OC([2H])([2H])[2H])cc3)CC2([2H])[2H])c2nc(N)n3nc(-c4ccco4)nc3c12. The number of ether oxygens (including phenoxy) is 2. The number of furan rings is 1. The first-order valence-electron chi connectivity index (χ1n) is 18.7. The number of fused-ring (bicyclic) bond motifs is 3. The Kier molecular flexibility index (Phi) is 3.13. The van der Waals surface area contributed by atoms with Crippen LogP contribution in [0.15, 0.2) is 53.3 Å². The number of anilines is 2. The van der Waals surface area contributed by atoms with Gasteiger partial charge in [-0.15, -0.1) is 5.10 Å². The molecule has 0 amide bonds. The standard InChI is InChI=1S/C25H29N9O3/c1-35-15-16-36-19-6-4-18(5-7-19)32-11-8-31(9-12-32)10-13-33-23-20(17-27-33)24-28-22(21-3-2-14-37-21)30-34(24)25(26)29-23/h2-7,14,17H,8-13,15-16H2,1H3,(H2,26,29)/i1D3,8D2,9D2,10D2,13D2,15D2,16D2,17D. The third-order valence-corrected chi connectivity index (χ3v) is 5.27.